The fraction of sp³-hybridized carbons (Fsp3) is 0.333. The fourth-order valence-electron chi connectivity index (χ4n) is 3.19. The van der Waals surface area contributed by atoms with Gasteiger partial charge in [0.2, 0.25) is 0 Å². The van der Waals surface area contributed by atoms with Crippen LogP contribution in [0.1, 0.15) is 44.4 Å². The Morgan fingerprint density at radius 1 is 0.920 bits per heavy atom. The summed E-state index contributed by atoms with van der Waals surface area (Å²) in [6, 6.07) is 16.7. The van der Waals surface area contributed by atoms with Gasteiger partial charge in [0.1, 0.15) is 11.4 Å². The Balaban J connectivity index is 0.000000569. The first kappa shape index (κ1) is 17.4. The van der Waals surface area contributed by atoms with E-state index in [9.17, 15) is 0 Å². The van der Waals surface area contributed by atoms with Gasteiger partial charge < -0.3 is 4.74 Å². The maximum absolute atomic E-state index is 6.03. The first-order valence-electron chi connectivity index (χ1n) is 9.00. The fourth-order valence-corrected chi connectivity index (χ4v) is 3.19. The quantitative estimate of drug-likeness (QED) is 0.701. The summed E-state index contributed by atoms with van der Waals surface area (Å²) in [6.45, 7) is 6.97. The smallest absolute Gasteiger partial charge is 0.121 e. The zero-order chi connectivity index (χ0) is 17.6. The number of aromatic amines is 1. The number of nitrogens with zero attached hydrogens (tertiary/aromatic N) is 2. The molecule has 4 nitrogen and oxygen atoms in total. The van der Waals surface area contributed by atoms with Gasteiger partial charge in [0.25, 0.3) is 0 Å². The highest BCUT2D eigenvalue weighted by atomic mass is 16.5. The first-order chi connectivity index (χ1) is 12.3. The van der Waals surface area contributed by atoms with Crippen molar-refractivity contribution < 1.29 is 4.74 Å². The minimum absolute atomic E-state index is 0.0344. The van der Waals surface area contributed by atoms with Gasteiger partial charge >= 0.3 is 0 Å². The van der Waals surface area contributed by atoms with Crippen LogP contribution in [0.15, 0.2) is 48.5 Å². The van der Waals surface area contributed by atoms with Crippen molar-refractivity contribution in [1.82, 2.24) is 15.4 Å². The number of rotatable bonds is 2. The molecule has 4 rings (SSSR count). The molecule has 0 bridgehead atoms. The van der Waals surface area contributed by atoms with Crippen LogP contribution in [0.5, 0.6) is 0 Å². The van der Waals surface area contributed by atoms with E-state index in [4.69, 9.17) is 4.74 Å². The monoisotopic (exact) mass is 335 g/mol. The summed E-state index contributed by atoms with van der Waals surface area (Å²) in [4.78, 5) is 0. The number of ether oxygens (including phenoxy) is 1. The van der Waals surface area contributed by atoms with E-state index in [0.717, 1.165) is 28.9 Å². The van der Waals surface area contributed by atoms with E-state index in [1.807, 2.05) is 19.1 Å². The molecule has 1 N–H and O–H groups in total. The van der Waals surface area contributed by atoms with Crippen LogP contribution in [0.2, 0.25) is 0 Å². The second kappa shape index (κ2) is 8.08. The second-order valence-corrected chi connectivity index (χ2v) is 6.12. The van der Waals surface area contributed by atoms with Crippen molar-refractivity contribution in [1.29, 1.82) is 0 Å². The molecule has 0 saturated carbocycles. The average molecular weight is 335 g/mol. The largest absolute Gasteiger partial charge is 0.373 e. The highest BCUT2D eigenvalue weighted by Gasteiger charge is 2.26. The van der Waals surface area contributed by atoms with Crippen LogP contribution in [0.3, 0.4) is 0 Å². The molecule has 0 fully saturated rings. The number of aromatic nitrogens is 3. The number of H-pyrrole nitrogens is 1. The summed E-state index contributed by atoms with van der Waals surface area (Å²) in [6.07, 6.45) is 2.13. The third-order valence-electron chi connectivity index (χ3n) is 4.16. The molecular weight excluding hydrogens is 310 g/mol. The second-order valence-electron chi connectivity index (χ2n) is 6.12. The molecule has 0 spiro atoms. The zero-order valence-electron chi connectivity index (χ0n) is 15.1. The summed E-state index contributed by atoms with van der Waals surface area (Å²) in [7, 11) is 0. The molecule has 3 aromatic rings. The van der Waals surface area contributed by atoms with E-state index in [1.54, 1.807) is 0 Å². The van der Waals surface area contributed by atoms with Crippen molar-refractivity contribution in [2.45, 2.75) is 39.7 Å². The van der Waals surface area contributed by atoms with Crippen LogP contribution in [0.4, 0.5) is 0 Å². The van der Waals surface area contributed by atoms with Crippen LogP contribution in [0, 0.1) is 0 Å². The molecule has 2 aromatic carbocycles. The molecule has 25 heavy (non-hydrogen) atoms. The Labute approximate surface area is 149 Å². The van der Waals surface area contributed by atoms with Crippen LogP contribution in [-0.4, -0.2) is 22.0 Å². The van der Waals surface area contributed by atoms with Crippen molar-refractivity contribution in [3.05, 3.63) is 59.7 Å². The predicted molar refractivity (Wildman–Crippen MR) is 101 cm³/mol. The van der Waals surface area contributed by atoms with Crippen molar-refractivity contribution in [2.24, 2.45) is 0 Å². The van der Waals surface area contributed by atoms with Crippen molar-refractivity contribution in [2.75, 3.05) is 6.61 Å². The Hall–Kier alpha value is -2.46. The highest BCUT2D eigenvalue weighted by Crippen LogP contribution is 2.40. The lowest BCUT2D eigenvalue weighted by molar-refractivity contribution is 0.0632. The van der Waals surface area contributed by atoms with Crippen molar-refractivity contribution >= 4 is 0 Å². The molecule has 130 valence electrons. The van der Waals surface area contributed by atoms with Gasteiger partial charge in [-0.1, -0.05) is 68.8 Å². The minimum atomic E-state index is 0.0344. The van der Waals surface area contributed by atoms with E-state index < -0.39 is 0 Å². The van der Waals surface area contributed by atoms with Gasteiger partial charge in [-0.05, 0) is 18.1 Å². The number of nitrogens with one attached hydrogen (secondary N) is 1. The third-order valence-corrected chi connectivity index (χ3v) is 4.16. The molecule has 4 heteroatoms. The van der Waals surface area contributed by atoms with Crippen LogP contribution >= 0.6 is 0 Å². The van der Waals surface area contributed by atoms with E-state index in [1.165, 1.54) is 17.5 Å². The lowest BCUT2D eigenvalue weighted by Crippen LogP contribution is -2.12. The average Bonchev–Trinajstić information content (AvgIpc) is 3.10. The summed E-state index contributed by atoms with van der Waals surface area (Å²) in [5.74, 6) is 0. The summed E-state index contributed by atoms with van der Waals surface area (Å²) >= 11 is 0. The van der Waals surface area contributed by atoms with Crippen LogP contribution in [0.25, 0.3) is 22.5 Å². The lowest BCUT2D eigenvalue weighted by atomic mass is 9.88. The standard InChI is InChI=1S/C18H17N3O.C3H8/c1-2-22-16-11-12-7-3-4-8-13(12)17-18(20-21-19-17)15-10-6-5-9-14(15)16;1-3-2/h3-10,16H,2,11H2,1H3,(H,19,20,21);3H2,1-2H3. The number of benzene rings is 2. The van der Waals surface area contributed by atoms with Gasteiger partial charge in [-0.3, -0.25) is 0 Å². The first-order valence-corrected chi connectivity index (χ1v) is 9.00. The Kier molecular flexibility index (Phi) is 5.61. The molecule has 0 saturated heterocycles. The van der Waals surface area contributed by atoms with Gasteiger partial charge in [0.05, 0.1) is 6.10 Å². The Morgan fingerprint density at radius 3 is 2.24 bits per heavy atom. The minimum Gasteiger partial charge on any atom is -0.373 e. The van der Waals surface area contributed by atoms with Gasteiger partial charge in [-0.25, -0.2) is 0 Å². The summed E-state index contributed by atoms with van der Waals surface area (Å²) in [5, 5.41) is 11.6. The predicted octanol–water partition coefficient (Wildman–Crippen LogP) is 5.19. The molecule has 0 radical (unpaired) electrons. The van der Waals surface area contributed by atoms with Crippen molar-refractivity contribution in [3.63, 3.8) is 0 Å². The van der Waals surface area contributed by atoms with Crippen molar-refractivity contribution in [3.8, 4) is 22.5 Å². The topological polar surface area (TPSA) is 50.8 Å². The van der Waals surface area contributed by atoms with Crippen LogP contribution < -0.4 is 0 Å². The van der Waals surface area contributed by atoms with E-state index in [2.05, 4.69) is 65.7 Å². The lowest BCUT2D eigenvalue weighted by Gasteiger charge is -2.24. The number of fused-ring (bicyclic) bond motifs is 5. The van der Waals surface area contributed by atoms with E-state index in [0.29, 0.717) is 6.61 Å². The molecule has 1 aliphatic rings. The van der Waals surface area contributed by atoms with Gasteiger partial charge in [0, 0.05) is 24.2 Å². The molecular formula is C21H25N3O. The molecule has 0 aliphatic heterocycles. The van der Waals surface area contributed by atoms with Gasteiger partial charge in [-0.2, -0.15) is 15.4 Å². The molecule has 1 unspecified atom stereocenters. The zero-order valence-corrected chi connectivity index (χ0v) is 15.1. The van der Waals surface area contributed by atoms with E-state index >= 15 is 0 Å². The highest BCUT2D eigenvalue weighted by molar-refractivity contribution is 5.81. The third kappa shape index (κ3) is 3.49. The van der Waals surface area contributed by atoms with Crippen LogP contribution in [-0.2, 0) is 11.2 Å². The molecule has 1 aliphatic carbocycles. The Morgan fingerprint density at radius 2 is 1.52 bits per heavy atom. The SMILES string of the molecule is CCC.CCOC1Cc2ccccc2-c2n[nH]nc2-c2ccccc21. The van der Waals surface area contributed by atoms with Gasteiger partial charge in [0.15, 0.2) is 0 Å². The number of hydrogen-bond acceptors (Lipinski definition) is 3. The maximum atomic E-state index is 6.03. The van der Waals surface area contributed by atoms with Gasteiger partial charge in [-0.15, -0.1) is 0 Å². The summed E-state index contributed by atoms with van der Waals surface area (Å²) < 4.78 is 6.03. The number of hydrogen-bond donors (Lipinski definition) is 1. The molecule has 1 aromatic heterocycles. The molecule has 1 heterocycles. The molecule has 0 amide bonds. The summed E-state index contributed by atoms with van der Waals surface area (Å²) in [5.41, 5.74) is 6.45. The normalized spacial score (nSPS) is 14.9. The van der Waals surface area contributed by atoms with E-state index in [-0.39, 0.29) is 6.10 Å². The Bertz CT molecular complexity index is 825. The maximum Gasteiger partial charge on any atom is 0.121 e. The molecule has 1 atom stereocenters.